The van der Waals surface area contributed by atoms with Gasteiger partial charge >= 0.3 is 0 Å². The van der Waals surface area contributed by atoms with E-state index in [2.05, 4.69) is 0 Å². The molecule has 1 aromatic carbocycles. The number of allylic oxidation sites excluding steroid dienone is 1. The molecule has 1 aromatic rings. The van der Waals surface area contributed by atoms with Gasteiger partial charge in [-0.3, -0.25) is 19.3 Å². The summed E-state index contributed by atoms with van der Waals surface area (Å²) in [4.78, 5) is 39.6. The number of likely N-dealkylation sites (N-methyl/N-ethyl adjacent to an activating group) is 1. The van der Waals surface area contributed by atoms with Crippen molar-refractivity contribution >= 4 is 29.4 Å². The number of benzene rings is 1. The lowest BCUT2D eigenvalue weighted by Gasteiger charge is -2.25. The minimum Gasteiger partial charge on any atom is -0.294 e. The summed E-state index contributed by atoms with van der Waals surface area (Å²) in [5.74, 6) is -0.668. The molecule has 2 heterocycles. The summed E-state index contributed by atoms with van der Waals surface area (Å²) in [6.07, 6.45) is 0.588. The van der Waals surface area contributed by atoms with Gasteiger partial charge in [-0.1, -0.05) is 30.0 Å². The van der Waals surface area contributed by atoms with E-state index in [1.165, 1.54) is 18.8 Å². The predicted molar refractivity (Wildman–Crippen MR) is 77.5 cm³/mol. The SMILES string of the molecule is CN1C(=O)C2=C(C1=O)C1=C(Cc3ccccc3S1)C(=O)C2. The molecule has 2 amide bonds. The van der Waals surface area contributed by atoms with Crippen LogP contribution in [0.4, 0.5) is 0 Å². The molecule has 1 aliphatic carbocycles. The van der Waals surface area contributed by atoms with Crippen LogP contribution < -0.4 is 0 Å². The second-order valence-electron chi connectivity index (χ2n) is 5.32. The third-order valence-corrected chi connectivity index (χ3v) is 5.38. The van der Waals surface area contributed by atoms with Gasteiger partial charge in [0.05, 0.1) is 5.57 Å². The van der Waals surface area contributed by atoms with E-state index in [0.29, 0.717) is 28.0 Å². The third kappa shape index (κ3) is 1.61. The molecular formula is C16H11NO3S. The number of hydrogen-bond acceptors (Lipinski definition) is 4. The number of imide groups is 1. The molecule has 0 N–H and O–H groups in total. The number of fused-ring (bicyclic) bond motifs is 2. The van der Waals surface area contributed by atoms with E-state index in [9.17, 15) is 14.4 Å². The Hall–Kier alpha value is -2.14. The molecule has 0 spiro atoms. The van der Waals surface area contributed by atoms with Gasteiger partial charge in [-0.2, -0.15) is 0 Å². The van der Waals surface area contributed by atoms with Crippen molar-refractivity contribution in [1.29, 1.82) is 0 Å². The Morgan fingerprint density at radius 1 is 1.00 bits per heavy atom. The van der Waals surface area contributed by atoms with Crippen molar-refractivity contribution in [3.63, 3.8) is 0 Å². The van der Waals surface area contributed by atoms with E-state index in [0.717, 1.165) is 15.4 Å². The molecule has 0 atom stereocenters. The van der Waals surface area contributed by atoms with E-state index in [1.807, 2.05) is 24.3 Å². The molecule has 0 unspecified atom stereocenters. The number of Topliss-reactive ketones (excluding diaryl/α,β-unsaturated/α-hetero) is 1. The van der Waals surface area contributed by atoms with E-state index in [1.54, 1.807) is 0 Å². The zero-order valence-corrected chi connectivity index (χ0v) is 12.1. The fraction of sp³-hybridized carbons (Fsp3) is 0.188. The van der Waals surface area contributed by atoms with Crippen molar-refractivity contribution in [2.24, 2.45) is 0 Å². The normalized spacial score (nSPS) is 20.8. The van der Waals surface area contributed by atoms with E-state index in [4.69, 9.17) is 0 Å². The number of amides is 2. The lowest BCUT2D eigenvalue weighted by atomic mass is 9.88. The maximum absolute atomic E-state index is 12.4. The summed E-state index contributed by atoms with van der Waals surface area (Å²) < 4.78 is 0. The van der Waals surface area contributed by atoms with Crippen LogP contribution in [0.1, 0.15) is 12.0 Å². The van der Waals surface area contributed by atoms with Gasteiger partial charge in [0.25, 0.3) is 11.8 Å². The van der Waals surface area contributed by atoms with Gasteiger partial charge in [-0.05, 0) is 11.6 Å². The van der Waals surface area contributed by atoms with Gasteiger partial charge in [0.15, 0.2) is 5.78 Å². The smallest absolute Gasteiger partial charge is 0.262 e. The van der Waals surface area contributed by atoms with Crippen molar-refractivity contribution in [1.82, 2.24) is 4.90 Å². The van der Waals surface area contributed by atoms with Gasteiger partial charge in [0.1, 0.15) is 0 Å². The molecule has 4 nitrogen and oxygen atoms in total. The number of carbonyl (C=O) groups excluding carboxylic acids is 3. The fourth-order valence-corrected chi connectivity index (χ4v) is 4.24. The molecule has 0 bridgehead atoms. The first-order chi connectivity index (χ1) is 10.1. The van der Waals surface area contributed by atoms with Crippen LogP contribution in [0.25, 0.3) is 0 Å². The highest BCUT2D eigenvalue weighted by Crippen LogP contribution is 2.48. The van der Waals surface area contributed by atoms with E-state index < -0.39 is 0 Å². The first-order valence-electron chi connectivity index (χ1n) is 6.66. The first kappa shape index (κ1) is 12.6. The lowest BCUT2D eigenvalue weighted by molar-refractivity contribution is -0.136. The standard InChI is InChI=1S/C16H11NO3S/c1-17-15(19)10-7-11(18)9-6-8-4-2-3-5-12(8)21-14(9)13(10)16(17)20/h2-5H,6-7H2,1H3. The monoisotopic (exact) mass is 297 g/mol. The Labute approximate surface area is 125 Å². The summed E-state index contributed by atoms with van der Waals surface area (Å²) in [6, 6.07) is 7.86. The van der Waals surface area contributed by atoms with Gasteiger partial charge in [-0.15, -0.1) is 0 Å². The maximum atomic E-state index is 12.4. The van der Waals surface area contributed by atoms with Crippen LogP contribution in [0.2, 0.25) is 0 Å². The van der Waals surface area contributed by atoms with Crippen LogP contribution in [0.3, 0.4) is 0 Å². The van der Waals surface area contributed by atoms with Crippen molar-refractivity contribution in [2.75, 3.05) is 7.05 Å². The van der Waals surface area contributed by atoms with Gasteiger partial charge in [0.2, 0.25) is 0 Å². The minimum absolute atomic E-state index is 0.0396. The molecule has 2 aliphatic heterocycles. The average Bonchev–Trinajstić information content (AvgIpc) is 2.71. The average molecular weight is 297 g/mol. The number of ketones is 1. The number of nitrogens with zero attached hydrogens (tertiary/aromatic N) is 1. The summed E-state index contributed by atoms with van der Waals surface area (Å²) >= 11 is 1.43. The highest BCUT2D eigenvalue weighted by Gasteiger charge is 2.44. The van der Waals surface area contributed by atoms with E-state index in [-0.39, 0.29) is 24.0 Å². The minimum atomic E-state index is -0.339. The van der Waals surface area contributed by atoms with Crippen LogP contribution in [0.5, 0.6) is 0 Å². The number of carbonyl (C=O) groups is 3. The Morgan fingerprint density at radius 3 is 2.57 bits per heavy atom. The third-order valence-electron chi connectivity index (χ3n) is 4.11. The summed E-state index contributed by atoms with van der Waals surface area (Å²) in [5, 5.41) is 0. The van der Waals surface area contributed by atoms with Crippen molar-refractivity contribution in [2.45, 2.75) is 17.7 Å². The summed E-state index contributed by atoms with van der Waals surface area (Å²) in [5.41, 5.74) is 2.58. The largest absolute Gasteiger partial charge is 0.294 e. The Morgan fingerprint density at radius 2 is 1.76 bits per heavy atom. The fourth-order valence-electron chi connectivity index (χ4n) is 2.98. The highest BCUT2D eigenvalue weighted by atomic mass is 32.2. The summed E-state index contributed by atoms with van der Waals surface area (Å²) in [6.45, 7) is 0. The number of hydrogen-bond donors (Lipinski definition) is 0. The topological polar surface area (TPSA) is 54.5 Å². The number of thioether (sulfide) groups is 1. The van der Waals surface area contributed by atoms with E-state index >= 15 is 0 Å². The van der Waals surface area contributed by atoms with Crippen LogP contribution in [0.15, 0.2) is 50.8 Å². The van der Waals surface area contributed by atoms with Crippen LogP contribution in [0, 0.1) is 0 Å². The second kappa shape index (κ2) is 4.18. The second-order valence-corrected chi connectivity index (χ2v) is 6.37. The quantitative estimate of drug-likeness (QED) is 0.686. The van der Waals surface area contributed by atoms with Crippen LogP contribution in [-0.4, -0.2) is 29.5 Å². The Kier molecular flexibility index (Phi) is 2.50. The Balaban J connectivity index is 1.90. The highest BCUT2D eigenvalue weighted by molar-refractivity contribution is 8.03. The van der Waals surface area contributed by atoms with Crippen molar-refractivity contribution < 1.29 is 14.4 Å². The molecule has 5 heteroatoms. The molecule has 104 valence electrons. The molecule has 21 heavy (non-hydrogen) atoms. The molecule has 0 aromatic heterocycles. The predicted octanol–water partition coefficient (Wildman–Crippen LogP) is 1.86. The molecule has 0 radical (unpaired) electrons. The molecule has 0 saturated carbocycles. The lowest BCUT2D eigenvalue weighted by Crippen LogP contribution is -2.27. The van der Waals surface area contributed by atoms with Gasteiger partial charge in [0, 0.05) is 40.8 Å². The van der Waals surface area contributed by atoms with Crippen molar-refractivity contribution in [3.8, 4) is 0 Å². The van der Waals surface area contributed by atoms with Crippen LogP contribution >= 0.6 is 11.8 Å². The van der Waals surface area contributed by atoms with Gasteiger partial charge < -0.3 is 0 Å². The summed E-state index contributed by atoms with van der Waals surface area (Å²) in [7, 11) is 1.47. The maximum Gasteiger partial charge on any atom is 0.262 e. The molecular weight excluding hydrogens is 286 g/mol. The molecule has 0 fully saturated rings. The zero-order chi connectivity index (χ0) is 14.7. The number of rotatable bonds is 0. The Bertz CT molecular complexity index is 803. The first-order valence-corrected chi connectivity index (χ1v) is 7.47. The molecule has 3 aliphatic rings. The van der Waals surface area contributed by atoms with Crippen LogP contribution in [-0.2, 0) is 20.8 Å². The van der Waals surface area contributed by atoms with Gasteiger partial charge in [-0.25, -0.2) is 0 Å². The zero-order valence-electron chi connectivity index (χ0n) is 11.3. The molecule has 0 saturated heterocycles. The van der Waals surface area contributed by atoms with Crippen molar-refractivity contribution in [3.05, 3.63) is 51.5 Å². The molecule has 4 rings (SSSR count).